The van der Waals surface area contributed by atoms with E-state index >= 15 is 0 Å². The fourth-order valence-corrected chi connectivity index (χ4v) is 5.91. The second kappa shape index (κ2) is 16.8. The molecule has 2 aliphatic carbocycles. The van der Waals surface area contributed by atoms with Gasteiger partial charge >= 0.3 is 0 Å². The van der Waals surface area contributed by atoms with E-state index in [4.69, 9.17) is 0 Å². The first-order chi connectivity index (χ1) is 18.4. The average molecular weight is 549 g/mol. The Hall–Kier alpha value is -1.56. The van der Waals surface area contributed by atoms with Crippen LogP contribution in [-0.2, 0) is 11.8 Å². The van der Waals surface area contributed by atoms with Gasteiger partial charge in [-0.25, -0.2) is 0 Å². The van der Waals surface area contributed by atoms with E-state index in [0.29, 0.717) is 21.7 Å². The van der Waals surface area contributed by atoms with Gasteiger partial charge in [-0.15, -0.1) is 0 Å². The van der Waals surface area contributed by atoms with Crippen molar-refractivity contribution < 1.29 is 0 Å². The molecule has 0 radical (unpaired) electrons. The SMILES string of the molecule is CC(C)(C)C1CCCC1.CC(C)(C)C1CCCCC1.CC(C)(C)Cc1ccccc1.CC(C)(C)c1ccccc1. The van der Waals surface area contributed by atoms with E-state index < -0.39 is 0 Å². The van der Waals surface area contributed by atoms with E-state index in [2.05, 4.69) is 144 Å². The van der Waals surface area contributed by atoms with E-state index in [0.717, 1.165) is 18.3 Å². The highest BCUT2D eigenvalue weighted by Crippen LogP contribution is 2.39. The van der Waals surface area contributed by atoms with Gasteiger partial charge in [-0.05, 0) is 76.7 Å². The number of hydrogen-bond donors (Lipinski definition) is 0. The zero-order valence-electron chi connectivity index (χ0n) is 29.0. The van der Waals surface area contributed by atoms with E-state index in [1.807, 2.05) is 0 Å². The molecule has 228 valence electrons. The molecule has 0 bridgehead atoms. The molecule has 0 heteroatoms. The van der Waals surface area contributed by atoms with Crippen LogP contribution in [0.1, 0.15) is 152 Å². The summed E-state index contributed by atoms with van der Waals surface area (Å²) < 4.78 is 0. The van der Waals surface area contributed by atoms with Crippen molar-refractivity contribution in [3.63, 3.8) is 0 Å². The van der Waals surface area contributed by atoms with Crippen molar-refractivity contribution in [2.45, 2.75) is 153 Å². The summed E-state index contributed by atoms with van der Waals surface area (Å²) in [5.41, 5.74) is 4.68. The second-order valence-corrected chi connectivity index (χ2v) is 16.9. The Bertz CT molecular complexity index is 866. The van der Waals surface area contributed by atoms with Crippen molar-refractivity contribution in [2.24, 2.45) is 28.1 Å². The first-order valence-corrected chi connectivity index (χ1v) is 16.5. The number of rotatable bonds is 1. The molecular formula is C40H68. The molecule has 2 aromatic carbocycles. The molecule has 0 saturated heterocycles. The highest BCUT2D eigenvalue weighted by Gasteiger charge is 2.27. The molecule has 0 spiro atoms. The molecule has 0 heterocycles. The summed E-state index contributed by atoms with van der Waals surface area (Å²) >= 11 is 0. The minimum absolute atomic E-state index is 0.293. The number of benzene rings is 2. The maximum atomic E-state index is 2.38. The molecular weight excluding hydrogens is 480 g/mol. The molecule has 0 aromatic heterocycles. The summed E-state index contributed by atoms with van der Waals surface area (Å²) in [5, 5.41) is 0. The molecule has 2 saturated carbocycles. The van der Waals surface area contributed by atoms with Crippen LogP contribution in [0, 0.1) is 28.1 Å². The molecule has 4 rings (SSSR count). The molecule has 0 nitrogen and oxygen atoms in total. The van der Waals surface area contributed by atoms with Gasteiger partial charge in [-0.3, -0.25) is 0 Å². The monoisotopic (exact) mass is 549 g/mol. The van der Waals surface area contributed by atoms with Gasteiger partial charge in [0.25, 0.3) is 0 Å². The lowest BCUT2D eigenvalue weighted by atomic mass is 9.72. The van der Waals surface area contributed by atoms with E-state index in [1.54, 1.807) is 0 Å². The molecule has 0 unspecified atom stereocenters. The Morgan fingerprint density at radius 3 is 1.10 bits per heavy atom. The molecule has 0 aliphatic heterocycles. The van der Waals surface area contributed by atoms with Gasteiger partial charge in [-0.1, -0.05) is 176 Å². The predicted octanol–water partition coefficient (Wildman–Crippen LogP) is 13.1. The van der Waals surface area contributed by atoms with Crippen LogP contribution in [0.3, 0.4) is 0 Å². The lowest BCUT2D eigenvalue weighted by molar-refractivity contribution is 0.180. The summed E-state index contributed by atoms with van der Waals surface area (Å²) in [4.78, 5) is 0. The average Bonchev–Trinajstić information content (AvgIpc) is 3.41. The van der Waals surface area contributed by atoms with Gasteiger partial charge in [0.15, 0.2) is 0 Å². The highest BCUT2D eigenvalue weighted by molar-refractivity contribution is 5.22. The van der Waals surface area contributed by atoms with Crippen LogP contribution >= 0.6 is 0 Å². The maximum absolute atomic E-state index is 2.38. The predicted molar refractivity (Wildman–Crippen MR) is 182 cm³/mol. The molecule has 0 atom stereocenters. The topological polar surface area (TPSA) is 0 Å². The second-order valence-electron chi connectivity index (χ2n) is 16.9. The van der Waals surface area contributed by atoms with Crippen molar-refractivity contribution in [1.29, 1.82) is 0 Å². The van der Waals surface area contributed by atoms with Crippen LogP contribution in [0.4, 0.5) is 0 Å². The van der Waals surface area contributed by atoms with Gasteiger partial charge in [0.2, 0.25) is 0 Å². The third-order valence-electron chi connectivity index (χ3n) is 8.63. The largest absolute Gasteiger partial charge is 0.0622 e. The Balaban J connectivity index is 0.000000267. The standard InChI is InChI=1S/C11H16.C10H20.C10H14.C9H18/c1-11(2,3)9-10-7-5-4-6-8-10;2*1-10(2,3)9-7-5-4-6-8-9;1-9(2,3)8-6-4-5-7-8/h4-8H,9H2,1-3H3;9H,4-8H2,1-3H3;4-8H,1-3H3;8H,4-7H2,1-3H3. The highest BCUT2D eigenvalue weighted by atomic mass is 14.3. The molecule has 0 N–H and O–H groups in total. The quantitative estimate of drug-likeness (QED) is 0.332. The number of hydrogen-bond acceptors (Lipinski definition) is 0. The summed E-state index contributed by atoms with van der Waals surface area (Å²) in [7, 11) is 0. The minimum atomic E-state index is 0.293. The normalized spacial score (nSPS) is 17.0. The Morgan fingerprint density at radius 1 is 0.475 bits per heavy atom. The molecule has 2 fully saturated rings. The smallest absolute Gasteiger partial charge is 0.0132 e. The molecule has 0 amide bonds. The van der Waals surface area contributed by atoms with Gasteiger partial charge in [0, 0.05) is 0 Å². The maximum Gasteiger partial charge on any atom is -0.0132 e. The fourth-order valence-electron chi connectivity index (χ4n) is 5.91. The van der Waals surface area contributed by atoms with Gasteiger partial charge in [0.05, 0.1) is 0 Å². The van der Waals surface area contributed by atoms with Crippen molar-refractivity contribution in [1.82, 2.24) is 0 Å². The molecule has 2 aromatic rings. The zero-order chi connectivity index (χ0) is 30.5. The van der Waals surface area contributed by atoms with Crippen LogP contribution in [0.5, 0.6) is 0 Å². The third-order valence-corrected chi connectivity index (χ3v) is 8.63. The summed E-state index contributed by atoms with van der Waals surface area (Å²) in [6.45, 7) is 27.7. The van der Waals surface area contributed by atoms with Crippen molar-refractivity contribution >= 4 is 0 Å². The lowest BCUT2D eigenvalue weighted by Crippen LogP contribution is -2.22. The summed E-state index contributed by atoms with van der Waals surface area (Å²) in [6.07, 6.45) is 14.4. The first-order valence-electron chi connectivity index (χ1n) is 16.5. The third kappa shape index (κ3) is 16.6. The van der Waals surface area contributed by atoms with E-state index in [1.165, 1.54) is 68.9 Å². The van der Waals surface area contributed by atoms with Crippen LogP contribution in [0.25, 0.3) is 0 Å². The van der Waals surface area contributed by atoms with Crippen LogP contribution in [0.15, 0.2) is 60.7 Å². The minimum Gasteiger partial charge on any atom is -0.0622 e. The van der Waals surface area contributed by atoms with Crippen molar-refractivity contribution in [2.75, 3.05) is 0 Å². The molecule has 2 aliphatic rings. The van der Waals surface area contributed by atoms with Gasteiger partial charge in [-0.2, -0.15) is 0 Å². The summed E-state index contributed by atoms with van der Waals surface area (Å²) in [5.74, 6) is 2.01. The van der Waals surface area contributed by atoms with Crippen LogP contribution < -0.4 is 0 Å². The fraction of sp³-hybridized carbons (Fsp3) is 0.700. The van der Waals surface area contributed by atoms with Crippen molar-refractivity contribution in [3.8, 4) is 0 Å². The summed E-state index contributed by atoms with van der Waals surface area (Å²) in [6, 6.07) is 21.2. The Labute approximate surface area is 252 Å². The Morgan fingerprint density at radius 2 is 0.825 bits per heavy atom. The Kier molecular flexibility index (Phi) is 15.3. The molecule has 40 heavy (non-hydrogen) atoms. The first kappa shape index (κ1) is 36.5. The lowest BCUT2D eigenvalue weighted by Gasteiger charge is -2.33. The van der Waals surface area contributed by atoms with E-state index in [9.17, 15) is 0 Å². The van der Waals surface area contributed by atoms with E-state index in [-0.39, 0.29) is 0 Å². The van der Waals surface area contributed by atoms with Crippen LogP contribution in [-0.4, -0.2) is 0 Å². The van der Waals surface area contributed by atoms with Crippen LogP contribution in [0.2, 0.25) is 0 Å². The zero-order valence-corrected chi connectivity index (χ0v) is 29.0. The van der Waals surface area contributed by atoms with Gasteiger partial charge in [0.1, 0.15) is 0 Å². The van der Waals surface area contributed by atoms with Gasteiger partial charge < -0.3 is 0 Å². The van der Waals surface area contributed by atoms with Crippen molar-refractivity contribution in [3.05, 3.63) is 71.8 Å².